The van der Waals surface area contributed by atoms with Gasteiger partial charge in [-0.05, 0) is 48.7 Å². The van der Waals surface area contributed by atoms with Gasteiger partial charge in [0.15, 0.2) is 0 Å². The summed E-state index contributed by atoms with van der Waals surface area (Å²) in [5.74, 6) is -0.422. The van der Waals surface area contributed by atoms with Crippen molar-refractivity contribution in [2.24, 2.45) is 0 Å². The van der Waals surface area contributed by atoms with Crippen LogP contribution in [0.3, 0.4) is 0 Å². The average Bonchev–Trinajstić information content (AvgIpc) is 2.69. The van der Waals surface area contributed by atoms with Crippen molar-refractivity contribution in [3.8, 4) is 0 Å². The number of rotatable bonds is 6. The van der Waals surface area contributed by atoms with Gasteiger partial charge in [0.25, 0.3) is 15.9 Å². The molecule has 0 aliphatic heterocycles. The number of halogens is 1. The molecule has 144 valence electrons. The van der Waals surface area contributed by atoms with E-state index >= 15 is 0 Å². The zero-order valence-corrected chi connectivity index (χ0v) is 17.2. The van der Waals surface area contributed by atoms with Crippen LogP contribution in [0.25, 0.3) is 0 Å². The number of carbonyl (C=O) groups is 1. The Bertz CT molecular complexity index is 1100. The summed E-state index contributed by atoms with van der Waals surface area (Å²) in [4.78, 5) is 13.4. The van der Waals surface area contributed by atoms with Crippen molar-refractivity contribution in [1.82, 2.24) is 0 Å². The monoisotopic (exact) mass is 432 g/mol. The van der Waals surface area contributed by atoms with Crippen molar-refractivity contribution in [3.63, 3.8) is 0 Å². The second-order valence-corrected chi connectivity index (χ2v) is 8.68. The normalized spacial score (nSPS) is 11.1. The molecule has 0 aliphatic carbocycles. The fourth-order valence-corrected chi connectivity index (χ4v) is 4.65. The van der Waals surface area contributed by atoms with E-state index in [1.165, 1.54) is 30.0 Å². The van der Waals surface area contributed by atoms with Gasteiger partial charge in [-0.2, -0.15) is 0 Å². The SMILES string of the molecule is CSc1ccccc1NC(=O)c1ccc(Cl)c(S(=O)(=O)Nc2ccccc2)c1. The number of benzene rings is 3. The molecule has 0 atom stereocenters. The van der Waals surface area contributed by atoms with Crippen molar-refractivity contribution in [1.29, 1.82) is 0 Å². The van der Waals surface area contributed by atoms with Crippen LogP contribution in [0.5, 0.6) is 0 Å². The van der Waals surface area contributed by atoms with E-state index in [1.807, 2.05) is 24.5 Å². The van der Waals surface area contributed by atoms with Gasteiger partial charge in [-0.3, -0.25) is 9.52 Å². The fourth-order valence-electron chi connectivity index (χ4n) is 2.51. The highest BCUT2D eigenvalue weighted by Crippen LogP contribution is 2.27. The molecule has 28 heavy (non-hydrogen) atoms. The lowest BCUT2D eigenvalue weighted by atomic mass is 10.2. The highest BCUT2D eigenvalue weighted by atomic mass is 35.5. The molecule has 0 spiro atoms. The summed E-state index contributed by atoms with van der Waals surface area (Å²) < 4.78 is 27.9. The number of carbonyl (C=O) groups excluding carboxylic acids is 1. The van der Waals surface area contributed by atoms with Crippen LogP contribution in [0.2, 0.25) is 5.02 Å². The lowest BCUT2D eigenvalue weighted by Gasteiger charge is -2.12. The van der Waals surface area contributed by atoms with Crippen LogP contribution < -0.4 is 10.0 Å². The van der Waals surface area contributed by atoms with E-state index in [4.69, 9.17) is 11.6 Å². The molecular weight excluding hydrogens is 416 g/mol. The third-order valence-corrected chi connectivity index (χ3v) is 6.52. The molecule has 3 aromatic rings. The Kier molecular flexibility index (Phi) is 6.28. The minimum atomic E-state index is -3.95. The highest BCUT2D eigenvalue weighted by molar-refractivity contribution is 7.98. The molecule has 8 heteroatoms. The van der Waals surface area contributed by atoms with Gasteiger partial charge < -0.3 is 5.32 Å². The Labute approximate surface area is 173 Å². The van der Waals surface area contributed by atoms with E-state index in [0.717, 1.165) is 4.90 Å². The number of amides is 1. The summed E-state index contributed by atoms with van der Waals surface area (Å²) in [6, 6.07) is 20.0. The van der Waals surface area contributed by atoms with Crippen LogP contribution in [0.1, 0.15) is 10.4 Å². The van der Waals surface area contributed by atoms with Crippen molar-refractivity contribution in [3.05, 3.63) is 83.4 Å². The number of thioether (sulfide) groups is 1. The van der Waals surface area contributed by atoms with Gasteiger partial charge in [0, 0.05) is 16.1 Å². The number of sulfonamides is 1. The lowest BCUT2D eigenvalue weighted by Crippen LogP contribution is -2.16. The number of nitrogens with one attached hydrogen (secondary N) is 2. The van der Waals surface area contributed by atoms with E-state index in [2.05, 4.69) is 10.0 Å². The summed E-state index contributed by atoms with van der Waals surface area (Å²) in [7, 11) is -3.95. The summed E-state index contributed by atoms with van der Waals surface area (Å²) >= 11 is 7.61. The van der Waals surface area contributed by atoms with E-state index in [-0.39, 0.29) is 15.5 Å². The maximum atomic E-state index is 12.7. The maximum Gasteiger partial charge on any atom is 0.263 e. The topological polar surface area (TPSA) is 75.3 Å². The molecule has 3 aromatic carbocycles. The number of anilines is 2. The second kappa shape index (κ2) is 8.68. The third kappa shape index (κ3) is 4.67. The third-order valence-electron chi connectivity index (χ3n) is 3.86. The quantitative estimate of drug-likeness (QED) is 0.530. The van der Waals surface area contributed by atoms with Gasteiger partial charge in [-0.1, -0.05) is 41.9 Å². The minimum absolute atomic E-state index is 0.0319. The highest BCUT2D eigenvalue weighted by Gasteiger charge is 2.20. The maximum absolute atomic E-state index is 12.7. The van der Waals surface area contributed by atoms with Crippen LogP contribution in [0.15, 0.2) is 82.6 Å². The molecule has 0 saturated carbocycles. The molecule has 0 saturated heterocycles. The first kappa shape index (κ1) is 20.3. The predicted molar refractivity (Wildman–Crippen MR) is 115 cm³/mol. The first-order valence-corrected chi connectivity index (χ1v) is 11.3. The van der Waals surface area contributed by atoms with Gasteiger partial charge >= 0.3 is 0 Å². The van der Waals surface area contributed by atoms with Crippen LogP contribution in [0, 0.1) is 0 Å². The average molecular weight is 433 g/mol. The number of para-hydroxylation sites is 2. The van der Waals surface area contributed by atoms with Gasteiger partial charge in [-0.25, -0.2) is 8.42 Å². The molecule has 0 aliphatic rings. The largest absolute Gasteiger partial charge is 0.321 e. The lowest BCUT2D eigenvalue weighted by molar-refractivity contribution is 0.102. The van der Waals surface area contributed by atoms with E-state index in [1.54, 1.807) is 36.4 Å². The number of hydrogen-bond acceptors (Lipinski definition) is 4. The van der Waals surface area contributed by atoms with Crippen molar-refractivity contribution >= 4 is 50.7 Å². The molecule has 0 bridgehead atoms. The summed E-state index contributed by atoms with van der Waals surface area (Å²) in [5.41, 5.74) is 1.25. The Balaban J connectivity index is 1.89. The van der Waals surface area contributed by atoms with Crippen molar-refractivity contribution < 1.29 is 13.2 Å². The smallest absolute Gasteiger partial charge is 0.263 e. The van der Waals surface area contributed by atoms with Gasteiger partial charge in [-0.15, -0.1) is 11.8 Å². The first-order valence-electron chi connectivity index (χ1n) is 8.22. The molecule has 3 rings (SSSR count). The summed E-state index contributed by atoms with van der Waals surface area (Å²) in [6.45, 7) is 0. The molecular formula is C20H17ClN2O3S2. The van der Waals surface area contributed by atoms with Crippen LogP contribution in [-0.2, 0) is 10.0 Å². The van der Waals surface area contributed by atoms with Gasteiger partial charge in [0.05, 0.1) is 10.7 Å². The molecule has 0 unspecified atom stereocenters. The fraction of sp³-hybridized carbons (Fsp3) is 0.0500. The Hall–Kier alpha value is -2.48. The van der Waals surface area contributed by atoms with Crippen molar-refractivity contribution in [2.75, 3.05) is 16.3 Å². The molecule has 0 radical (unpaired) electrons. The van der Waals surface area contributed by atoms with E-state index < -0.39 is 15.9 Å². The molecule has 0 fully saturated rings. The van der Waals surface area contributed by atoms with Crippen LogP contribution in [0.4, 0.5) is 11.4 Å². The molecule has 2 N–H and O–H groups in total. The Morgan fingerprint density at radius 2 is 1.64 bits per heavy atom. The number of hydrogen-bond donors (Lipinski definition) is 2. The Morgan fingerprint density at radius 3 is 2.36 bits per heavy atom. The zero-order valence-electron chi connectivity index (χ0n) is 14.8. The standard InChI is InChI=1S/C20H17ClN2O3S2/c1-27-18-10-6-5-9-17(18)22-20(24)14-11-12-16(21)19(13-14)28(25,26)23-15-7-3-2-4-8-15/h2-13,23H,1H3,(H,22,24). The minimum Gasteiger partial charge on any atom is -0.321 e. The zero-order chi connectivity index (χ0) is 20.1. The molecule has 0 heterocycles. The van der Waals surface area contributed by atoms with E-state index in [9.17, 15) is 13.2 Å². The summed E-state index contributed by atoms with van der Waals surface area (Å²) in [5, 5.41) is 2.84. The van der Waals surface area contributed by atoms with Gasteiger partial charge in [0.2, 0.25) is 0 Å². The molecule has 5 nitrogen and oxygen atoms in total. The second-order valence-electron chi connectivity index (χ2n) is 5.77. The first-order chi connectivity index (χ1) is 13.4. The molecule has 0 aromatic heterocycles. The van der Waals surface area contributed by atoms with Gasteiger partial charge in [0.1, 0.15) is 4.90 Å². The van der Waals surface area contributed by atoms with Crippen LogP contribution >= 0.6 is 23.4 Å². The van der Waals surface area contributed by atoms with Crippen molar-refractivity contribution in [2.45, 2.75) is 9.79 Å². The van der Waals surface area contributed by atoms with Crippen LogP contribution in [-0.4, -0.2) is 20.6 Å². The predicted octanol–water partition coefficient (Wildman–Crippen LogP) is 5.12. The summed E-state index contributed by atoms with van der Waals surface area (Å²) in [6.07, 6.45) is 1.91. The Morgan fingerprint density at radius 1 is 0.964 bits per heavy atom. The molecule has 1 amide bonds. The van der Waals surface area contributed by atoms with E-state index in [0.29, 0.717) is 11.4 Å².